The minimum absolute atomic E-state index is 0.266. The molecule has 0 unspecified atom stereocenters. The quantitative estimate of drug-likeness (QED) is 0.788. The van der Waals surface area contributed by atoms with E-state index >= 15 is 0 Å². The van der Waals surface area contributed by atoms with Crippen LogP contribution in [0.5, 0.6) is 0 Å². The predicted molar refractivity (Wildman–Crippen MR) is 66.7 cm³/mol. The number of hydrogen-bond donors (Lipinski definition) is 2. The zero-order valence-electron chi connectivity index (χ0n) is 9.05. The molecule has 0 bridgehead atoms. The highest BCUT2D eigenvalue weighted by molar-refractivity contribution is 5.89. The fraction of sp³-hybridized carbons (Fsp3) is 0. The molecule has 2 N–H and O–H groups in total. The maximum Gasteiger partial charge on any atom is 0.335 e. The van der Waals surface area contributed by atoms with Gasteiger partial charge in [-0.3, -0.25) is 0 Å². The lowest BCUT2D eigenvalue weighted by Crippen LogP contribution is -1.95. The van der Waals surface area contributed by atoms with Crippen LogP contribution in [-0.4, -0.2) is 17.3 Å². The lowest BCUT2D eigenvalue weighted by atomic mass is 10.0. The molecule has 0 radical (unpaired) electrons. The standard InChI is InChI=1S/C14H11NO2/c15-9-10-3-1-4-11(7-10)12-5-2-6-13(8-12)14(16)17/h1-9,15H,(H,16,17). The summed E-state index contributed by atoms with van der Waals surface area (Å²) in [6, 6.07) is 14.2. The van der Waals surface area contributed by atoms with Gasteiger partial charge in [-0.1, -0.05) is 30.3 Å². The van der Waals surface area contributed by atoms with E-state index in [-0.39, 0.29) is 5.56 Å². The topological polar surface area (TPSA) is 61.2 Å². The molecule has 3 nitrogen and oxygen atoms in total. The summed E-state index contributed by atoms with van der Waals surface area (Å²) < 4.78 is 0. The Morgan fingerprint density at radius 3 is 2.35 bits per heavy atom. The van der Waals surface area contributed by atoms with Crippen molar-refractivity contribution in [3.8, 4) is 11.1 Å². The van der Waals surface area contributed by atoms with Crippen LogP contribution in [0.1, 0.15) is 15.9 Å². The van der Waals surface area contributed by atoms with Crippen molar-refractivity contribution in [3.63, 3.8) is 0 Å². The summed E-state index contributed by atoms with van der Waals surface area (Å²) in [7, 11) is 0. The molecule has 0 heterocycles. The molecule has 0 aliphatic heterocycles. The first-order valence-corrected chi connectivity index (χ1v) is 5.15. The first-order valence-electron chi connectivity index (χ1n) is 5.15. The molecule has 2 aromatic rings. The number of aromatic carboxylic acids is 1. The van der Waals surface area contributed by atoms with E-state index in [9.17, 15) is 4.79 Å². The van der Waals surface area contributed by atoms with Gasteiger partial charge in [0.25, 0.3) is 0 Å². The average Bonchev–Trinajstić information content (AvgIpc) is 2.39. The van der Waals surface area contributed by atoms with Crippen molar-refractivity contribution in [2.75, 3.05) is 0 Å². The molecule has 0 atom stereocenters. The third-order valence-electron chi connectivity index (χ3n) is 2.50. The van der Waals surface area contributed by atoms with Crippen LogP contribution in [0.3, 0.4) is 0 Å². The third-order valence-corrected chi connectivity index (χ3v) is 2.50. The highest BCUT2D eigenvalue weighted by atomic mass is 16.4. The van der Waals surface area contributed by atoms with Crippen molar-refractivity contribution in [3.05, 3.63) is 59.7 Å². The zero-order chi connectivity index (χ0) is 12.3. The van der Waals surface area contributed by atoms with Crippen LogP contribution < -0.4 is 0 Å². The van der Waals surface area contributed by atoms with Gasteiger partial charge in [0.05, 0.1) is 5.56 Å². The minimum atomic E-state index is -0.935. The van der Waals surface area contributed by atoms with Gasteiger partial charge >= 0.3 is 5.97 Å². The Morgan fingerprint density at radius 1 is 1.06 bits per heavy atom. The number of carbonyl (C=O) groups is 1. The van der Waals surface area contributed by atoms with E-state index in [2.05, 4.69) is 0 Å². The van der Waals surface area contributed by atoms with Crippen LogP contribution >= 0.6 is 0 Å². The van der Waals surface area contributed by atoms with Crippen molar-refractivity contribution in [2.24, 2.45) is 0 Å². The largest absolute Gasteiger partial charge is 0.478 e. The first-order chi connectivity index (χ1) is 8.20. The summed E-state index contributed by atoms with van der Waals surface area (Å²) in [6.45, 7) is 0. The Morgan fingerprint density at radius 2 is 1.71 bits per heavy atom. The molecule has 2 rings (SSSR count). The smallest absolute Gasteiger partial charge is 0.335 e. The Balaban J connectivity index is 2.48. The second-order valence-corrected chi connectivity index (χ2v) is 3.66. The number of rotatable bonds is 3. The van der Waals surface area contributed by atoms with E-state index in [0.29, 0.717) is 0 Å². The van der Waals surface area contributed by atoms with Crippen molar-refractivity contribution in [1.29, 1.82) is 5.41 Å². The zero-order valence-corrected chi connectivity index (χ0v) is 9.05. The molecule has 17 heavy (non-hydrogen) atoms. The molecule has 0 amide bonds. The monoisotopic (exact) mass is 225 g/mol. The second kappa shape index (κ2) is 4.61. The van der Waals surface area contributed by atoms with E-state index in [0.717, 1.165) is 16.7 Å². The molecule has 0 aliphatic rings. The lowest BCUT2D eigenvalue weighted by molar-refractivity contribution is 0.0697. The summed E-state index contributed by atoms with van der Waals surface area (Å²) in [4.78, 5) is 10.9. The number of carboxylic acid groups (broad SMARTS) is 1. The van der Waals surface area contributed by atoms with Crippen LogP contribution in [0.15, 0.2) is 48.5 Å². The maximum atomic E-state index is 10.9. The maximum absolute atomic E-state index is 10.9. The molecule has 84 valence electrons. The Kier molecular flexibility index (Phi) is 3.01. The summed E-state index contributed by atoms with van der Waals surface area (Å²) in [5.74, 6) is -0.935. The minimum Gasteiger partial charge on any atom is -0.478 e. The fourth-order valence-corrected chi connectivity index (χ4v) is 1.64. The van der Waals surface area contributed by atoms with Crippen LogP contribution in [0.2, 0.25) is 0 Å². The first kappa shape index (κ1) is 11.1. The normalized spacial score (nSPS) is 9.88. The second-order valence-electron chi connectivity index (χ2n) is 3.66. The van der Waals surface area contributed by atoms with Gasteiger partial charge in [-0.2, -0.15) is 0 Å². The predicted octanol–water partition coefficient (Wildman–Crippen LogP) is 3.05. The lowest BCUT2D eigenvalue weighted by Gasteiger charge is -2.04. The molecule has 0 saturated heterocycles. The third kappa shape index (κ3) is 2.39. The Bertz CT molecular complexity index is 576. The van der Waals surface area contributed by atoms with E-state index in [1.165, 1.54) is 6.21 Å². The molecule has 0 spiro atoms. The van der Waals surface area contributed by atoms with Crippen LogP contribution in [0.4, 0.5) is 0 Å². The van der Waals surface area contributed by atoms with Crippen LogP contribution in [0.25, 0.3) is 11.1 Å². The average molecular weight is 225 g/mol. The van der Waals surface area contributed by atoms with Gasteiger partial charge in [-0.15, -0.1) is 0 Å². The summed E-state index contributed by atoms with van der Waals surface area (Å²) in [5, 5.41) is 16.1. The Hall–Kier alpha value is -2.42. The molecule has 0 fully saturated rings. The van der Waals surface area contributed by atoms with E-state index in [1.54, 1.807) is 18.2 Å². The molecular formula is C14H11NO2. The molecule has 2 aromatic carbocycles. The SMILES string of the molecule is N=Cc1cccc(-c2cccc(C(=O)O)c2)c1. The van der Waals surface area contributed by atoms with Gasteiger partial charge in [0.1, 0.15) is 0 Å². The number of nitrogens with one attached hydrogen (secondary N) is 1. The van der Waals surface area contributed by atoms with E-state index < -0.39 is 5.97 Å². The molecular weight excluding hydrogens is 214 g/mol. The van der Waals surface area contributed by atoms with Gasteiger partial charge < -0.3 is 10.5 Å². The summed E-state index contributed by atoms with van der Waals surface area (Å²) in [6.07, 6.45) is 1.27. The van der Waals surface area contributed by atoms with Gasteiger partial charge in [0.15, 0.2) is 0 Å². The van der Waals surface area contributed by atoms with Crippen molar-refractivity contribution in [2.45, 2.75) is 0 Å². The highest BCUT2D eigenvalue weighted by Gasteiger charge is 2.04. The van der Waals surface area contributed by atoms with Gasteiger partial charge in [0.2, 0.25) is 0 Å². The van der Waals surface area contributed by atoms with Crippen LogP contribution in [-0.2, 0) is 0 Å². The molecule has 0 saturated carbocycles. The van der Waals surface area contributed by atoms with Crippen molar-refractivity contribution in [1.82, 2.24) is 0 Å². The van der Waals surface area contributed by atoms with Gasteiger partial charge in [-0.05, 0) is 34.9 Å². The fourth-order valence-electron chi connectivity index (χ4n) is 1.64. The van der Waals surface area contributed by atoms with Gasteiger partial charge in [0, 0.05) is 6.21 Å². The van der Waals surface area contributed by atoms with E-state index in [1.807, 2.05) is 30.3 Å². The molecule has 3 heteroatoms. The number of carboxylic acids is 1. The van der Waals surface area contributed by atoms with Crippen molar-refractivity contribution >= 4 is 12.2 Å². The van der Waals surface area contributed by atoms with E-state index in [4.69, 9.17) is 10.5 Å². The number of hydrogen-bond acceptors (Lipinski definition) is 2. The van der Waals surface area contributed by atoms with Crippen LogP contribution in [0, 0.1) is 5.41 Å². The summed E-state index contributed by atoms with van der Waals surface area (Å²) in [5.41, 5.74) is 2.81. The molecule has 0 aliphatic carbocycles. The Labute approximate surface area is 98.9 Å². The van der Waals surface area contributed by atoms with Crippen molar-refractivity contribution < 1.29 is 9.90 Å². The highest BCUT2D eigenvalue weighted by Crippen LogP contribution is 2.21. The summed E-state index contributed by atoms with van der Waals surface area (Å²) >= 11 is 0. The molecule has 0 aromatic heterocycles. The number of benzene rings is 2. The van der Waals surface area contributed by atoms with Gasteiger partial charge in [-0.25, -0.2) is 4.79 Å².